The molecule has 0 radical (unpaired) electrons. The summed E-state index contributed by atoms with van der Waals surface area (Å²) < 4.78 is 2.94. The maximum Gasteiger partial charge on any atom is 0.195 e. The third kappa shape index (κ3) is 3.68. The predicted molar refractivity (Wildman–Crippen MR) is 81.9 cm³/mol. The fourth-order valence-corrected chi connectivity index (χ4v) is 3.61. The molecule has 0 amide bonds. The van der Waals surface area contributed by atoms with E-state index in [4.69, 9.17) is 12.2 Å². The molecule has 1 N–H and O–H groups in total. The molecule has 1 heterocycles. The Morgan fingerprint density at radius 3 is 2.58 bits per heavy atom. The first-order valence-corrected chi connectivity index (χ1v) is 8.32. The minimum Gasteiger partial charge on any atom is -0.304 e. The van der Waals surface area contributed by atoms with E-state index < -0.39 is 0 Å². The Morgan fingerprint density at radius 2 is 1.95 bits per heavy atom. The molecule has 1 aliphatic rings. The number of aromatic nitrogens is 3. The van der Waals surface area contributed by atoms with Gasteiger partial charge in [0.1, 0.15) is 5.82 Å². The van der Waals surface area contributed by atoms with Crippen molar-refractivity contribution in [2.24, 2.45) is 5.92 Å². The Bertz CT molecular complexity index is 427. The molecule has 0 spiro atoms. The summed E-state index contributed by atoms with van der Waals surface area (Å²) in [6.07, 6.45) is 10.9. The van der Waals surface area contributed by atoms with Crippen molar-refractivity contribution >= 4 is 12.2 Å². The van der Waals surface area contributed by atoms with Gasteiger partial charge in [0.15, 0.2) is 4.77 Å². The Balaban J connectivity index is 1.87. The molecule has 1 fully saturated rings. The van der Waals surface area contributed by atoms with Crippen molar-refractivity contribution in [1.82, 2.24) is 14.8 Å². The number of hydrogen-bond acceptors (Lipinski definition) is 2. The highest BCUT2D eigenvalue weighted by Crippen LogP contribution is 2.37. The van der Waals surface area contributed by atoms with Gasteiger partial charge in [-0.2, -0.15) is 5.10 Å². The highest BCUT2D eigenvalue weighted by atomic mass is 32.1. The molecular formula is C15H27N3S. The van der Waals surface area contributed by atoms with Crippen molar-refractivity contribution in [1.29, 1.82) is 0 Å². The van der Waals surface area contributed by atoms with Crippen molar-refractivity contribution in [2.75, 3.05) is 0 Å². The fourth-order valence-electron chi connectivity index (χ4n) is 3.34. The molecule has 1 aromatic rings. The predicted octanol–water partition coefficient (Wildman–Crippen LogP) is 4.81. The Labute approximate surface area is 121 Å². The molecule has 0 atom stereocenters. The van der Waals surface area contributed by atoms with Crippen LogP contribution in [-0.4, -0.2) is 14.8 Å². The monoisotopic (exact) mass is 281 g/mol. The van der Waals surface area contributed by atoms with Gasteiger partial charge in [0.05, 0.1) is 0 Å². The van der Waals surface area contributed by atoms with Crippen molar-refractivity contribution in [3.05, 3.63) is 10.6 Å². The van der Waals surface area contributed by atoms with Crippen LogP contribution in [-0.2, 0) is 6.54 Å². The minimum absolute atomic E-state index is 0.621. The molecule has 0 unspecified atom stereocenters. The van der Waals surface area contributed by atoms with Crippen LogP contribution in [0.15, 0.2) is 0 Å². The maximum absolute atomic E-state index is 5.28. The first-order valence-electron chi connectivity index (χ1n) is 7.91. The number of hydrogen-bond donors (Lipinski definition) is 1. The summed E-state index contributed by atoms with van der Waals surface area (Å²) in [4.78, 5) is 0. The van der Waals surface area contributed by atoms with Crippen LogP contribution in [0.2, 0.25) is 0 Å². The van der Waals surface area contributed by atoms with E-state index in [9.17, 15) is 0 Å². The SMILES string of the molecule is CCCCCC1CCC(c2n[nH]c(=S)n2CC)CC1. The number of aromatic amines is 1. The molecule has 1 aromatic heterocycles. The number of rotatable bonds is 6. The van der Waals surface area contributed by atoms with Crippen molar-refractivity contribution in [3.8, 4) is 0 Å². The third-order valence-electron chi connectivity index (χ3n) is 4.53. The van der Waals surface area contributed by atoms with Gasteiger partial charge in [-0.3, -0.25) is 5.10 Å². The number of H-pyrrole nitrogens is 1. The van der Waals surface area contributed by atoms with Crippen LogP contribution >= 0.6 is 12.2 Å². The van der Waals surface area contributed by atoms with Crippen LogP contribution in [0.25, 0.3) is 0 Å². The van der Waals surface area contributed by atoms with Gasteiger partial charge in [-0.15, -0.1) is 0 Å². The van der Waals surface area contributed by atoms with Gasteiger partial charge in [0.25, 0.3) is 0 Å². The summed E-state index contributed by atoms with van der Waals surface area (Å²) in [5.74, 6) is 2.77. The molecule has 1 aliphatic carbocycles. The zero-order valence-corrected chi connectivity index (χ0v) is 13.1. The normalized spacial score (nSPS) is 23.7. The fraction of sp³-hybridized carbons (Fsp3) is 0.867. The molecule has 0 aliphatic heterocycles. The summed E-state index contributed by atoms with van der Waals surface area (Å²) >= 11 is 5.28. The average Bonchev–Trinajstić information content (AvgIpc) is 2.81. The van der Waals surface area contributed by atoms with Crippen molar-refractivity contribution < 1.29 is 0 Å². The Hall–Kier alpha value is -0.640. The first kappa shape index (κ1) is 14.8. The lowest BCUT2D eigenvalue weighted by atomic mass is 9.79. The van der Waals surface area contributed by atoms with Gasteiger partial charge in [0, 0.05) is 12.5 Å². The van der Waals surface area contributed by atoms with Gasteiger partial charge in [-0.05, 0) is 50.7 Å². The summed E-state index contributed by atoms with van der Waals surface area (Å²) in [7, 11) is 0. The highest BCUT2D eigenvalue weighted by molar-refractivity contribution is 7.71. The molecule has 1 saturated carbocycles. The Morgan fingerprint density at radius 1 is 1.21 bits per heavy atom. The van der Waals surface area contributed by atoms with E-state index in [0.29, 0.717) is 5.92 Å². The number of nitrogens with one attached hydrogen (secondary N) is 1. The van der Waals surface area contributed by atoms with E-state index in [1.54, 1.807) is 0 Å². The molecule has 3 nitrogen and oxygen atoms in total. The maximum atomic E-state index is 5.28. The molecular weight excluding hydrogens is 254 g/mol. The lowest BCUT2D eigenvalue weighted by molar-refractivity contribution is 0.293. The molecule has 2 rings (SSSR count). The third-order valence-corrected chi connectivity index (χ3v) is 4.84. The first-order chi connectivity index (χ1) is 9.26. The minimum atomic E-state index is 0.621. The highest BCUT2D eigenvalue weighted by Gasteiger charge is 2.25. The Kier molecular flexibility index (Phi) is 5.61. The molecule has 4 heteroatoms. The molecule has 0 saturated heterocycles. The van der Waals surface area contributed by atoms with Crippen molar-refractivity contribution in [3.63, 3.8) is 0 Å². The number of nitrogens with zero attached hydrogens (tertiary/aromatic N) is 2. The summed E-state index contributed by atoms with van der Waals surface area (Å²) in [5.41, 5.74) is 0. The number of unbranched alkanes of at least 4 members (excludes halogenated alkanes) is 2. The van der Waals surface area contributed by atoms with E-state index in [2.05, 4.69) is 28.6 Å². The summed E-state index contributed by atoms with van der Waals surface area (Å²) in [6, 6.07) is 0. The van der Waals surface area contributed by atoms with Crippen LogP contribution in [0.3, 0.4) is 0 Å². The second-order valence-electron chi connectivity index (χ2n) is 5.84. The largest absolute Gasteiger partial charge is 0.304 e. The molecule has 0 bridgehead atoms. The lowest BCUT2D eigenvalue weighted by Crippen LogP contribution is -2.17. The van der Waals surface area contributed by atoms with Crippen LogP contribution < -0.4 is 0 Å². The van der Waals surface area contributed by atoms with Crippen LogP contribution in [0.4, 0.5) is 0 Å². The van der Waals surface area contributed by atoms with Gasteiger partial charge < -0.3 is 4.57 Å². The summed E-state index contributed by atoms with van der Waals surface area (Å²) in [6.45, 7) is 5.36. The van der Waals surface area contributed by atoms with Gasteiger partial charge >= 0.3 is 0 Å². The van der Waals surface area contributed by atoms with E-state index in [0.717, 1.165) is 17.2 Å². The summed E-state index contributed by atoms with van der Waals surface area (Å²) in [5, 5.41) is 7.41. The average molecular weight is 281 g/mol. The second kappa shape index (κ2) is 7.22. The van der Waals surface area contributed by atoms with E-state index >= 15 is 0 Å². The van der Waals surface area contributed by atoms with E-state index in [1.165, 1.54) is 57.2 Å². The standard InChI is InChI=1S/C15H27N3S/c1-3-5-6-7-12-8-10-13(11-9-12)14-16-17-15(19)18(14)4-2/h12-13H,3-11H2,1-2H3,(H,17,19). The van der Waals surface area contributed by atoms with Crippen LogP contribution in [0, 0.1) is 10.7 Å². The van der Waals surface area contributed by atoms with E-state index in [-0.39, 0.29) is 0 Å². The van der Waals surface area contributed by atoms with E-state index in [1.807, 2.05) is 0 Å². The van der Waals surface area contributed by atoms with Crippen molar-refractivity contribution in [2.45, 2.75) is 77.7 Å². The smallest absolute Gasteiger partial charge is 0.195 e. The van der Waals surface area contributed by atoms with Crippen LogP contribution in [0.5, 0.6) is 0 Å². The molecule has 108 valence electrons. The van der Waals surface area contributed by atoms with Gasteiger partial charge in [-0.25, -0.2) is 0 Å². The zero-order chi connectivity index (χ0) is 13.7. The van der Waals surface area contributed by atoms with Crippen LogP contribution in [0.1, 0.15) is 77.0 Å². The van der Waals surface area contributed by atoms with Gasteiger partial charge in [-0.1, -0.05) is 32.6 Å². The molecule has 19 heavy (non-hydrogen) atoms. The topological polar surface area (TPSA) is 33.6 Å². The lowest BCUT2D eigenvalue weighted by Gasteiger charge is -2.28. The quantitative estimate of drug-likeness (QED) is 0.599. The molecule has 0 aromatic carbocycles. The zero-order valence-electron chi connectivity index (χ0n) is 12.3. The second-order valence-corrected chi connectivity index (χ2v) is 6.23. The van der Waals surface area contributed by atoms with Gasteiger partial charge in [0.2, 0.25) is 0 Å².